The van der Waals surface area contributed by atoms with E-state index in [0.717, 1.165) is 0 Å². The molecule has 0 aliphatic carbocycles. The van der Waals surface area contributed by atoms with Crippen LogP contribution in [0.15, 0.2) is 46.0 Å². The SMILES string of the molecule is CC(NS(=O)(=O)c1cncc(Br)c1)c1ccc(Cl)cc1Cl. The van der Waals surface area contributed by atoms with Crippen LogP contribution in [-0.4, -0.2) is 13.4 Å². The highest BCUT2D eigenvalue weighted by atomic mass is 79.9. The minimum absolute atomic E-state index is 0.0776. The Morgan fingerprint density at radius 1 is 1.24 bits per heavy atom. The lowest BCUT2D eigenvalue weighted by molar-refractivity contribution is 0.566. The Bertz CT molecular complexity index is 769. The van der Waals surface area contributed by atoms with Crippen LogP contribution in [0.25, 0.3) is 0 Å². The Labute approximate surface area is 141 Å². The first-order chi connectivity index (χ1) is 9.79. The van der Waals surface area contributed by atoms with Gasteiger partial charge < -0.3 is 0 Å². The van der Waals surface area contributed by atoms with E-state index in [4.69, 9.17) is 23.2 Å². The summed E-state index contributed by atoms with van der Waals surface area (Å²) in [5.74, 6) is 0. The van der Waals surface area contributed by atoms with E-state index in [2.05, 4.69) is 25.6 Å². The minimum atomic E-state index is -3.69. The number of benzene rings is 1. The molecule has 0 bridgehead atoms. The molecule has 0 amide bonds. The molecule has 8 heteroatoms. The first-order valence-corrected chi connectivity index (χ1v) is 8.90. The number of halogens is 3. The van der Waals surface area contributed by atoms with Crippen molar-refractivity contribution in [3.8, 4) is 0 Å². The molecule has 1 aromatic carbocycles. The molecule has 1 heterocycles. The molecule has 0 aliphatic rings. The van der Waals surface area contributed by atoms with Crippen molar-refractivity contribution in [3.05, 3.63) is 56.7 Å². The van der Waals surface area contributed by atoms with E-state index in [1.54, 1.807) is 25.1 Å². The molecule has 1 unspecified atom stereocenters. The van der Waals surface area contributed by atoms with Crippen LogP contribution in [0.4, 0.5) is 0 Å². The molecular formula is C13H11BrCl2N2O2S. The van der Waals surface area contributed by atoms with Gasteiger partial charge in [0.15, 0.2) is 0 Å². The molecule has 0 saturated heterocycles. The summed E-state index contributed by atoms with van der Waals surface area (Å²) in [6, 6.07) is 5.90. The van der Waals surface area contributed by atoms with Crippen molar-refractivity contribution in [2.24, 2.45) is 0 Å². The summed E-state index contributed by atoms with van der Waals surface area (Å²) in [7, 11) is -3.69. The van der Waals surface area contributed by atoms with Crippen LogP contribution in [0.3, 0.4) is 0 Å². The van der Waals surface area contributed by atoms with Crippen molar-refractivity contribution in [2.75, 3.05) is 0 Å². The van der Waals surface area contributed by atoms with Crippen molar-refractivity contribution in [3.63, 3.8) is 0 Å². The largest absolute Gasteiger partial charge is 0.262 e. The summed E-state index contributed by atoms with van der Waals surface area (Å²) in [4.78, 5) is 3.93. The summed E-state index contributed by atoms with van der Waals surface area (Å²) in [5.41, 5.74) is 0.646. The van der Waals surface area contributed by atoms with Gasteiger partial charge in [-0.05, 0) is 46.6 Å². The third-order valence-corrected chi connectivity index (χ3v) is 5.25. The van der Waals surface area contributed by atoms with E-state index in [1.165, 1.54) is 18.5 Å². The number of hydrogen-bond acceptors (Lipinski definition) is 3. The molecular weight excluding hydrogens is 399 g/mol. The molecule has 0 fully saturated rings. The normalized spacial score (nSPS) is 13.1. The zero-order chi connectivity index (χ0) is 15.6. The maximum atomic E-state index is 12.3. The number of hydrogen-bond donors (Lipinski definition) is 1. The molecule has 2 rings (SSSR count). The van der Waals surface area contributed by atoms with Gasteiger partial charge in [-0.3, -0.25) is 4.98 Å². The molecule has 0 saturated carbocycles. The molecule has 2 aromatic rings. The van der Waals surface area contributed by atoms with Gasteiger partial charge in [-0.25, -0.2) is 13.1 Å². The molecule has 1 N–H and O–H groups in total. The van der Waals surface area contributed by atoms with Crippen LogP contribution < -0.4 is 4.72 Å². The predicted octanol–water partition coefficient (Wildman–Crippen LogP) is 4.19. The van der Waals surface area contributed by atoms with Crippen molar-refractivity contribution in [1.29, 1.82) is 0 Å². The second kappa shape index (κ2) is 6.62. The molecule has 1 atom stereocenters. The van der Waals surface area contributed by atoms with Gasteiger partial charge >= 0.3 is 0 Å². The van der Waals surface area contributed by atoms with Gasteiger partial charge in [0.2, 0.25) is 10.0 Å². The van der Waals surface area contributed by atoms with Crippen molar-refractivity contribution in [1.82, 2.24) is 9.71 Å². The molecule has 0 radical (unpaired) electrons. The summed E-state index contributed by atoms with van der Waals surface area (Å²) >= 11 is 15.1. The van der Waals surface area contributed by atoms with E-state index in [-0.39, 0.29) is 4.90 Å². The Morgan fingerprint density at radius 2 is 1.95 bits per heavy atom. The third kappa shape index (κ3) is 4.17. The van der Waals surface area contributed by atoms with E-state index in [1.807, 2.05) is 0 Å². The van der Waals surface area contributed by atoms with E-state index in [0.29, 0.717) is 20.1 Å². The van der Waals surface area contributed by atoms with Crippen LogP contribution in [0.1, 0.15) is 18.5 Å². The highest BCUT2D eigenvalue weighted by molar-refractivity contribution is 9.10. The number of rotatable bonds is 4. The Balaban J connectivity index is 2.28. The van der Waals surface area contributed by atoms with Gasteiger partial charge in [-0.15, -0.1) is 0 Å². The number of aromatic nitrogens is 1. The van der Waals surface area contributed by atoms with Crippen LogP contribution in [0, 0.1) is 0 Å². The summed E-state index contributed by atoms with van der Waals surface area (Å²) in [5, 5.41) is 0.903. The third-order valence-electron chi connectivity index (χ3n) is 2.75. The Morgan fingerprint density at radius 3 is 2.57 bits per heavy atom. The predicted molar refractivity (Wildman–Crippen MR) is 87.1 cm³/mol. The first-order valence-electron chi connectivity index (χ1n) is 5.87. The maximum absolute atomic E-state index is 12.3. The van der Waals surface area contributed by atoms with Gasteiger partial charge in [-0.2, -0.15) is 0 Å². The number of pyridine rings is 1. The van der Waals surface area contributed by atoms with Crippen molar-refractivity contribution >= 4 is 49.2 Å². The topological polar surface area (TPSA) is 59.1 Å². The van der Waals surface area contributed by atoms with Crippen molar-refractivity contribution in [2.45, 2.75) is 17.9 Å². The average Bonchev–Trinajstić information content (AvgIpc) is 2.37. The van der Waals surface area contributed by atoms with Crippen LogP contribution in [0.5, 0.6) is 0 Å². The van der Waals surface area contributed by atoms with Gasteiger partial charge in [0, 0.05) is 33.0 Å². The molecule has 112 valence electrons. The first kappa shape index (κ1) is 16.7. The second-order valence-electron chi connectivity index (χ2n) is 4.35. The van der Waals surface area contributed by atoms with Crippen LogP contribution in [0.2, 0.25) is 10.0 Å². The lowest BCUT2D eigenvalue weighted by atomic mass is 10.1. The molecule has 1 aromatic heterocycles. The summed E-state index contributed by atoms with van der Waals surface area (Å²) < 4.78 is 27.8. The minimum Gasteiger partial charge on any atom is -0.262 e. The smallest absolute Gasteiger partial charge is 0.242 e. The van der Waals surface area contributed by atoms with Gasteiger partial charge in [0.05, 0.1) is 0 Å². The fourth-order valence-electron chi connectivity index (χ4n) is 1.76. The highest BCUT2D eigenvalue weighted by Crippen LogP contribution is 2.27. The van der Waals surface area contributed by atoms with E-state index >= 15 is 0 Å². The van der Waals surface area contributed by atoms with Gasteiger partial charge in [0.1, 0.15) is 4.90 Å². The second-order valence-corrected chi connectivity index (χ2v) is 7.82. The fourth-order valence-corrected chi connectivity index (χ4v) is 4.06. The Kier molecular flexibility index (Phi) is 5.27. The van der Waals surface area contributed by atoms with Gasteiger partial charge in [-0.1, -0.05) is 29.3 Å². The monoisotopic (exact) mass is 408 g/mol. The molecule has 0 aliphatic heterocycles. The quantitative estimate of drug-likeness (QED) is 0.823. The molecule has 21 heavy (non-hydrogen) atoms. The zero-order valence-corrected chi connectivity index (χ0v) is 14.8. The number of sulfonamides is 1. The zero-order valence-electron chi connectivity index (χ0n) is 10.8. The lowest BCUT2D eigenvalue weighted by Crippen LogP contribution is -2.27. The fraction of sp³-hybridized carbons (Fsp3) is 0.154. The number of nitrogens with one attached hydrogen (secondary N) is 1. The average molecular weight is 410 g/mol. The maximum Gasteiger partial charge on any atom is 0.242 e. The standard InChI is InChI=1S/C13H11BrCl2N2O2S/c1-8(12-3-2-10(15)5-13(12)16)18-21(19,20)11-4-9(14)6-17-7-11/h2-8,18H,1H3. The van der Waals surface area contributed by atoms with E-state index < -0.39 is 16.1 Å². The van der Waals surface area contributed by atoms with Crippen molar-refractivity contribution < 1.29 is 8.42 Å². The van der Waals surface area contributed by atoms with Crippen LogP contribution in [-0.2, 0) is 10.0 Å². The highest BCUT2D eigenvalue weighted by Gasteiger charge is 2.20. The van der Waals surface area contributed by atoms with Crippen LogP contribution >= 0.6 is 39.1 Å². The summed E-state index contributed by atoms with van der Waals surface area (Å²) in [6.07, 6.45) is 2.79. The summed E-state index contributed by atoms with van der Waals surface area (Å²) in [6.45, 7) is 1.71. The van der Waals surface area contributed by atoms with Gasteiger partial charge in [0.25, 0.3) is 0 Å². The Hall–Kier alpha value is -0.660. The molecule has 4 nitrogen and oxygen atoms in total. The molecule has 0 spiro atoms. The number of nitrogens with zero attached hydrogens (tertiary/aromatic N) is 1. The lowest BCUT2D eigenvalue weighted by Gasteiger charge is -2.16. The van der Waals surface area contributed by atoms with E-state index in [9.17, 15) is 8.42 Å².